The molecule has 0 unspecified atom stereocenters. The average molecular weight is 201 g/mol. The minimum absolute atomic E-state index is 0.222. The number of hydrogen-bond acceptors (Lipinski definition) is 3. The molecule has 0 amide bonds. The van der Waals surface area contributed by atoms with Crippen molar-refractivity contribution in [2.45, 2.75) is 6.92 Å². The molecule has 0 spiro atoms. The third-order valence-electron chi connectivity index (χ3n) is 2.01. The molecule has 1 N–H and O–H groups in total. The Morgan fingerprint density at radius 2 is 1.87 bits per heavy atom. The molecule has 0 aliphatic carbocycles. The van der Waals surface area contributed by atoms with Gasteiger partial charge >= 0.3 is 0 Å². The quantitative estimate of drug-likeness (QED) is 0.812. The molecular weight excluding hydrogens is 190 g/mol. The van der Waals surface area contributed by atoms with Gasteiger partial charge in [-0.15, -0.1) is 0 Å². The van der Waals surface area contributed by atoms with Gasteiger partial charge in [-0.2, -0.15) is 0 Å². The van der Waals surface area contributed by atoms with Crippen molar-refractivity contribution in [1.82, 2.24) is 4.98 Å². The standard InChI is InChI=1S/C12H11NO2/c1-9-3-2-8-13-12(9)15-11-6-4-10(14)5-7-11/h2-8,14H,1H3. The fourth-order valence-corrected chi connectivity index (χ4v) is 1.20. The zero-order chi connectivity index (χ0) is 10.7. The largest absolute Gasteiger partial charge is 0.508 e. The second kappa shape index (κ2) is 4.00. The van der Waals surface area contributed by atoms with Crippen molar-refractivity contribution in [1.29, 1.82) is 0 Å². The molecule has 0 fully saturated rings. The van der Waals surface area contributed by atoms with Crippen molar-refractivity contribution in [3.63, 3.8) is 0 Å². The van der Waals surface area contributed by atoms with E-state index in [0.717, 1.165) is 5.56 Å². The molecule has 1 aromatic heterocycles. The van der Waals surface area contributed by atoms with Crippen LogP contribution < -0.4 is 4.74 Å². The zero-order valence-corrected chi connectivity index (χ0v) is 8.34. The summed E-state index contributed by atoms with van der Waals surface area (Å²) in [6.45, 7) is 1.93. The number of aromatic hydroxyl groups is 1. The number of rotatable bonds is 2. The van der Waals surface area contributed by atoms with Crippen LogP contribution in [0.4, 0.5) is 0 Å². The van der Waals surface area contributed by atoms with E-state index in [9.17, 15) is 0 Å². The van der Waals surface area contributed by atoms with Crippen LogP contribution in [0.2, 0.25) is 0 Å². The molecule has 2 rings (SSSR count). The lowest BCUT2D eigenvalue weighted by atomic mass is 10.3. The number of pyridine rings is 1. The van der Waals surface area contributed by atoms with E-state index < -0.39 is 0 Å². The molecule has 1 heterocycles. The third kappa shape index (κ3) is 2.26. The first kappa shape index (κ1) is 9.52. The SMILES string of the molecule is Cc1cccnc1Oc1ccc(O)cc1. The van der Waals surface area contributed by atoms with Gasteiger partial charge in [0, 0.05) is 11.8 Å². The Balaban J connectivity index is 2.22. The molecule has 0 atom stereocenters. The molecule has 2 aromatic rings. The number of ether oxygens (including phenoxy) is 1. The van der Waals surface area contributed by atoms with Crippen molar-refractivity contribution < 1.29 is 9.84 Å². The molecule has 0 saturated carbocycles. The molecule has 1 aromatic carbocycles. The molecule has 0 saturated heterocycles. The Morgan fingerprint density at radius 3 is 2.53 bits per heavy atom. The Kier molecular flexibility index (Phi) is 2.54. The summed E-state index contributed by atoms with van der Waals surface area (Å²) in [6, 6.07) is 10.3. The van der Waals surface area contributed by atoms with Crippen LogP contribution in [0.15, 0.2) is 42.6 Å². The Morgan fingerprint density at radius 1 is 1.13 bits per heavy atom. The molecule has 0 aliphatic heterocycles. The van der Waals surface area contributed by atoms with Crippen LogP contribution in [0.1, 0.15) is 5.56 Å². The lowest BCUT2D eigenvalue weighted by Gasteiger charge is -2.06. The zero-order valence-electron chi connectivity index (χ0n) is 8.34. The van der Waals surface area contributed by atoms with Gasteiger partial charge in [0.1, 0.15) is 11.5 Å². The Hall–Kier alpha value is -2.03. The topological polar surface area (TPSA) is 42.4 Å². The molecule has 3 heteroatoms. The van der Waals surface area contributed by atoms with E-state index in [2.05, 4.69) is 4.98 Å². The van der Waals surface area contributed by atoms with Crippen molar-refractivity contribution in [3.05, 3.63) is 48.2 Å². The van der Waals surface area contributed by atoms with E-state index >= 15 is 0 Å². The predicted octanol–water partition coefficient (Wildman–Crippen LogP) is 2.89. The monoisotopic (exact) mass is 201 g/mol. The first-order valence-corrected chi connectivity index (χ1v) is 4.64. The van der Waals surface area contributed by atoms with Crippen LogP contribution in [0.5, 0.6) is 17.4 Å². The van der Waals surface area contributed by atoms with Crippen molar-refractivity contribution in [2.75, 3.05) is 0 Å². The Bertz CT molecular complexity index is 451. The van der Waals surface area contributed by atoms with Gasteiger partial charge in [0.05, 0.1) is 0 Å². The first-order chi connectivity index (χ1) is 7.25. The van der Waals surface area contributed by atoms with Crippen molar-refractivity contribution >= 4 is 0 Å². The number of phenolic OH excluding ortho intramolecular Hbond substituents is 1. The van der Waals surface area contributed by atoms with Gasteiger partial charge < -0.3 is 9.84 Å². The first-order valence-electron chi connectivity index (χ1n) is 4.64. The van der Waals surface area contributed by atoms with Crippen LogP contribution in [0, 0.1) is 6.92 Å². The Labute approximate surface area is 88.0 Å². The minimum atomic E-state index is 0.222. The molecule has 0 radical (unpaired) electrons. The maximum absolute atomic E-state index is 9.11. The summed E-state index contributed by atoms with van der Waals surface area (Å²) in [5.74, 6) is 1.47. The van der Waals surface area contributed by atoms with Crippen LogP contribution >= 0.6 is 0 Å². The lowest BCUT2D eigenvalue weighted by Crippen LogP contribution is -1.89. The predicted molar refractivity (Wildman–Crippen MR) is 57.2 cm³/mol. The highest BCUT2D eigenvalue weighted by Gasteiger charge is 2.01. The second-order valence-corrected chi connectivity index (χ2v) is 3.22. The number of aryl methyl sites for hydroxylation is 1. The summed E-state index contributed by atoms with van der Waals surface area (Å²) < 4.78 is 5.54. The highest BCUT2D eigenvalue weighted by Crippen LogP contribution is 2.23. The highest BCUT2D eigenvalue weighted by atomic mass is 16.5. The van der Waals surface area contributed by atoms with Gasteiger partial charge in [-0.25, -0.2) is 4.98 Å². The van der Waals surface area contributed by atoms with Gasteiger partial charge in [0.15, 0.2) is 0 Å². The van der Waals surface area contributed by atoms with E-state index in [4.69, 9.17) is 9.84 Å². The van der Waals surface area contributed by atoms with E-state index in [-0.39, 0.29) is 5.75 Å². The van der Waals surface area contributed by atoms with E-state index in [1.807, 2.05) is 19.1 Å². The molecule has 0 aliphatic rings. The van der Waals surface area contributed by atoms with Gasteiger partial charge in [0.2, 0.25) is 5.88 Å². The van der Waals surface area contributed by atoms with Gasteiger partial charge in [-0.3, -0.25) is 0 Å². The summed E-state index contributed by atoms with van der Waals surface area (Å²) in [7, 11) is 0. The maximum Gasteiger partial charge on any atom is 0.222 e. The van der Waals surface area contributed by atoms with E-state index in [0.29, 0.717) is 11.6 Å². The fraction of sp³-hybridized carbons (Fsp3) is 0.0833. The molecule has 76 valence electrons. The molecule has 15 heavy (non-hydrogen) atoms. The number of benzene rings is 1. The summed E-state index contributed by atoms with van der Waals surface area (Å²) in [5.41, 5.74) is 0.977. The number of nitrogens with zero attached hydrogens (tertiary/aromatic N) is 1. The fourth-order valence-electron chi connectivity index (χ4n) is 1.20. The van der Waals surface area contributed by atoms with Crippen LogP contribution in [0.25, 0.3) is 0 Å². The second-order valence-electron chi connectivity index (χ2n) is 3.22. The van der Waals surface area contributed by atoms with Gasteiger partial charge in [-0.1, -0.05) is 6.07 Å². The maximum atomic E-state index is 9.11. The number of hydrogen-bond donors (Lipinski definition) is 1. The molecule has 0 bridgehead atoms. The van der Waals surface area contributed by atoms with Gasteiger partial charge in [0.25, 0.3) is 0 Å². The van der Waals surface area contributed by atoms with Crippen molar-refractivity contribution in [3.8, 4) is 17.4 Å². The summed E-state index contributed by atoms with van der Waals surface area (Å²) in [6.07, 6.45) is 1.68. The molecule has 3 nitrogen and oxygen atoms in total. The summed E-state index contributed by atoms with van der Waals surface area (Å²) in [5, 5.41) is 9.11. The smallest absolute Gasteiger partial charge is 0.222 e. The van der Waals surface area contributed by atoms with Crippen LogP contribution in [-0.4, -0.2) is 10.1 Å². The normalized spacial score (nSPS) is 9.93. The van der Waals surface area contributed by atoms with E-state index in [1.165, 1.54) is 0 Å². The summed E-state index contributed by atoms with van der Waals surface area (Å²) in [4.78, 5) is 4.11. The van der Waals surface area contributed by atoms with E-state index in [1.54, 1.807) is 30.5 Å². The number of phenols is 1. The molecular formula is C12H11NO2. The van der Waals surface area contributed by atoms with Crippen LogP contribution in [0.3, 0.4) is 0 Å². The lowest BCUT2D eigenvalue weighted by molar-refractivity contribution is 0.451. The van der Waals surface area contributed by atoms with Crippen LogP contribution in [-0.2, 0) is 0 Å². The number of aromatic nitrogens is 1. The average Bonchev–Trinajstić information content (AvgIpc) is 2.25. The highest BCUT2D eigenvalue weighted by molar-refractivity contribution is 5.34. The third-order valence-corrected chi connectivity index (χ3v) is 2.01. The van der Waals surface area contributed by atoms with Crippen molar-refractivity contribution in [2.24, 2.45) is 0 Å². The summed E-state index contributed by atoms with van der Waals surface area (Å²) >= 11 is 0. The van der Waals surface area contributed by atoms with Gasteiger partial charge in [-0.05, 0) is 37.3 Å². The minimum Gasteiger partial charge on any atom is -0.508 e.